The second-order valence-corrected chi connectivity index (χ2v) is 6.40. The fraction of sp³-hybridized carbons (Fsp3) is 0.350. The number of aliphatic imine (C=N–C) groups is 1. The number of guanidine groups is 1. The third-order valence-electron chi connectivity index (χ3n) is 3.95. The van der Waals surface area contributed by atoms with Crippen LogP contribution in [-0.4, -0.2) is 53.7 Å². The Labute approximate surface area is 168 Å². The monoisotopic (exact) mass is 404 g/mol. The van der Waals surface area contributed by atoms with Crippen LogP contribution in [0.25, 0.3) is 0 Å². The summed E-state index contributed by atoms with van der Waals surface area (Å²) >= 11 is 0. The number of nitrogens with zero attached hydrogens (tertiary/aromatic N) is 3. The first-order chi connectivity index (χ1) is 13.9. The van der Waals surface area contributed by atoms with Crippen LogP contribution >= 0.6 is 0 Å². The number of non-ortho nitro benzene ring substituents is 1. The van der Waals surface area contributed by atoms with Gasteiger partial charge in [-0.1, -0.05) is 12.1 Å². The summed E-state index contributed by atoms with van der Waals surface area (Å²) in [5.74, 6) is 0.705. The number of hydrogen-bond donors (Lipinski definition) is 2. The first-order valence-corrected chi connectivity index (χ1v) is 9.18. The topological polar surface area (TPSA) is 100 Å². The van der Waals surface area contributed by atoms with Gasteiger partial charge in [0.1, 0.15) is 24.3 Å². The molecule has 2 rings (SSSR count). The zero-order valence-electron chi connectivity index (χ0n) is 16.4. The number of ether oxygens (including phenoxy) is 1. The van der Waals surface area contributed by atoms with Gasteiger partial charge < -0.3 is 20.1 Å². The van der Waals surface area contributed by atoms with Crippen LogP contribution < -0.4 is 10.1 Å². The predicted molar refractivity (Wildman–Crippen MR) is 108 cm³/mol. The molecule has 8 nitrogen and oxygen atoms in total. The molecule has 29 heavy (non-hydrogen) atoms. The van der Waals surface area contributed by atoms with E-state index in [4.69, 9.17) is 4.74 Å². The SMILES string of the molecule is CCNC(=NCC(O)COc1ccc([N+](=O)[O-])cc1)N(C)Cc1cccc(F)c1. The smallest absolute Gasteiger partial charge is 0.269 e. The number of nitrogens with one attached hydrogen (secondary N) is 1. The molecule has 0 bridgehead atoms. The summed E-state index contributed by atoms with van der Waals surface area (Å²) in [6, 6.07) is 12.0. The minimum Gasteiger partial charge on any atom is -0.491 e. The Morgan fingerprint density at radius 2 is 2.07 bits per heavy atom. The predicted octanol–water partition coefficient (Wildman–Crippen LogP) is 2.57. The van der Waals surface area contributed by atoms with Crippen LogP contribution in [0.2, 0.25) is 0 Å². The van der Waals surface area contributed by atoms with Gasteiger partial charge in [0.25, 0.3) is 5.69 Å². The van der Waals surface area contributed by atoms with Gasteiger partial charge in [0, 0.05) is 32.3 Å². The summed E-state index contributed by atoms with van der Waals surface area (Å²) in [6.45, 7) is 3.12. The van der Waals surface area contributed by atoms with Crippen molar-refractivity contribution >= 4 is 11.6 Å². The van der Waals surface area contributed by atoms with Crippen LogP contribution in [-0.2, 0) is 6.54 Å². The highest BCUT2D eigenvalue weighted by molar-refractivity contribution is 5.79. The molecular weight excluding hydrogens is 379 g/mol. The third-order valence-corrected chi connectivity index (χ3v) is 3.95. The van der Waals surface area contributed by atoms with Crippen molar-refractivity contribution in [2.45, 2.75) is 19.6 Å². The van der Waals surface area contributed by atoms with Crippen LogP contribution in [0.4, 0.5) is 10.1 Å². The second kappa shape index (κ2) is 11.0. The van der Waals surface area contributed by atoms with Crippen molar-refractivity contribution in [1.29, 1.82) is 0 Å². The van der Waals surface area contributed by atoms with E-state index >= 15 is 0 Å². The molecule has 0 saturated carbocycles. The minimum atomic E-state index is -0.860. The summed E-state index contributed by atoms with van der Waals surface area (Å²) in [5.41, 5.74) is 0.777. The van der Waals surface area contributed by atoms with Crippen molar-refractivity contribution in [2.24, 2.45) is 4.99 Å². The van der Waals surface area contributed by atoms with Crippen LogP contribution in [0.15, 0.2) is 53.5 Å². The molecule has 0 saturated heterocycles. The molecule has 0 radical (unpaired) electrons. The fourth-order valence-corrected chi connectivity index (χ4v) is 2.55. The van der Waals surface area contributed by atoms with Gasteiger partial charge in [-0.25, -0.2) is 4.39 Å². The standard InChI is InChI=1S/C20H25FN4O4/c1-3-22-20(24(2)13-15-5-4-6-16(21)11-15)23-12-18(26)14-29-19-9-7-17(8-10-19)25(27)28/h4-11,18,26H,3,12-14H2,1-2H3,(H,22,23). The largest absolute Gasteiger partial charge is 0.491 e. The van der Waals surface area contributed by atoms with E-state index in [1.807, 2.05) is 24.9 Å². The number of aliphatic hydroxyl groups is 1. The van der Waals surface area contributed by atoms with E-state index in [2.05, 4.69) is 10.3 Å². The minimum absolute atomic E-state index is 0.00563. The lowest BCUT2D eigenvalue weighted by atomic mass is 10.2. The Balaban J connectivity index is 1.89. The van der Waals surface area contributed by atoms with Crippen LogP contribution in [0, 0.1) is 15.9 Å². The molecule has 1 atom stereocenters. The van der Waals surface area contributed by atoms with Gasteiger partial charge in [0.05, 0.1) is 11.5 Å². The van der Waals surface area contributed by atoms with Crippen molar-refractivity contribution in [3.05, 3.63) is 70.0 Å². The molecule has 0 heterocycles. The highest BCUT2D eigenvalue weighted by Gasteiger charge is 2.11. The van der Waals surface area contributed by atoms with E-state index in [0.29, 0.717) is 24.8 Å². The quantitative estimate of drug-likeness (QED) is 0.288. The van der Waals surface area contributed by atoms with E-state index in [0.717, 1.165) is 5.56 Å². The average molecular weight is 404 g/mol. The maximum Gasteiger partial charge on any atom is 0.269 e. The van der Waals surface area contributed by atoms with Crippen molar-refractivity contribution in [2.75, 3.05) is 26.7 Å². The summed E-state index contributed by atoms with van der Waals surface area (Å²) in [4.78, 5) is 16.4. The van der Waals surface area contributed by atoms with Crippen LogP contribution in [0.1, 0.15) is 12.5 Å². The van der Waals surface area contributed by atoms with Crippen molar-refractivity contribution in [1.82, 2.24) is 10.2 Å². The summed E-state index contributed by atoms with van der Waals surface area (Å²) in [5, 5.41) is 23.9. The zero-order chi connectivity index (χ0) is 21.2. The lowest BCUT2D eigenvalue weighted by Gasteiger charge is -2.22. The first-order valence-electron chi connectivity index (χ1n) is 9.18. The van der Waals surface area contributed by atoms with E-state index in [9.17, 15) is 19.6 Å². The lowest BCUT2D eigenvalue weighted by molar-refractivity contribution is -0.384. The van der Waals surface area contributed by atoms with Crippen molar-refractivity contribution < 1.29 is 19.2 Å². The molecule has 2 aromatic carbocycles. The average Bonchev–Trinajstić information content (AvgIpc) is 2.69. The molecule has 9 heteroatoms. The van der Waals surface area contributed by atoms with Gasteiger partial charge in [-0.15, -0.1) is 0 Å². The maximum atomic E-state index is 13.4. The molecule has 0 spiro atoms. The van der Waals surface area contributed by atoms with Gasteiger partial charge in [-0.2, -0.15) is 0 Å². The van der Waals surface area contributed by atoms with E-state index in [-0.39, 0.29) is 24.7 Å². The fourth-order valence-electron chi connectivity index (χ4n) is 2.55. The molecule has 1 unspecified atom stereocenters. The van der Waals surface area contributed by atoms with Crippen molar-refractivity contribution in [3.63, 3.8) is 0 Å². The third kappa shape index (κ3) is 7.38. The molecule has 2 aromatic rings. The molecule has 0 aliphatic carbocycles. The van der Waals surface area contributed by atoms with E-state index in [1.165, 1.54) is 36.4 Å². The molecule has 0 aliphatic heterocycles. The number of rotatable bonds is 9. The number of hydrogen-bond acceptors (Lipinski definition) is 5. The van der Waals surface area contributed by atoms with Gasteiger partial charge >= 0.3 is 0 Å². The Morgan fingerprint density at radius 1 is 1.34 bits per heavy atom. The summed E-state index contributed by atoms with van der Waals surface area (Å²) < 4.78 is 18.8. The Kier molecular flexibility index (Phi) is 8.35. The van der Waals surface area contributed by atoms with Gasteiger partial charge in [-0.3, -0.25) is 15.1 Å². The molecule has 0 aliphatic rings. The Morgan fingerprint density at radius 3 is 2.69 bits per heavy atom. The maximum absolute atomic E-state index is 13.4. The first kappa shape index (κ1) is 22.1. The summed E-state index contributed by atoms with van der Waals surface area (Å²) in [7, 11) is 1.83. The summed E-state index contributed by atoms with van der Waals surface area (Å²) in [6.07, 6.45) is -0.860. The van der Waals surface area contributed by atoms with Crippen LogP contribution in [0.5, 0.6) is 5.75 Å². The van der Waals surface area contributed by atoms with E-state index in [1.54, 1.807) is 6.07 Å². The second-order valence-electron chi connectivity index (χ2n) is 6.40. The number of halogens is 1. The Bertz CT molecular complexity index is 829. The number of aliphatic hydroxyl groups excluding tert-OH is 1. The van der Waals surface area contributed by atoms with Gasteiger partial charge in [0.2, 0.25) is 0 Å². The van der Waals surface area contributed by atoms with E-state index < -0.39 is 11.0 Å². The molecule has 0 amide bonds. The normalized spacial score (nSPS) is 12.3. The lowest BCUT2D eigenvalue weighted by Crippen LogP contribution is -2.39. The molecule has 0 fully saturated rings. The molecule has 156 valence electrons. The number of benzene rings is 2. The van der Waals surface area contributed by atoms with Crippen LogP contribution in [0.3, 0.4) is 0 Å². The Hall–Kier alpha value is -3.20. The highest BCUT2D eigenvalue weighted by atomic mass is 19.1. The molecule has 2 N–H and O–H groups in total. The number of nitro groups is 1. The molecule has 0 aromatic heterocycles. The zero-order valence-corrected chi connectivity index (χ0v) is 16.4. The van der Waals surface area contributed by atoms with Gasteiger partial charge in [0.15, 0.2) is 5.96 Å². The van der Waals surface area contributed by atoms with Gasteiger partial charge in [-0.05, 0) is 36.8 Å². The van der Waals surface area contributed by atoms with Crippen molar-refractivity contribution in [3.8, 4) is 5.75 Å². The number of nitro benzene ring substituents is 1. The molecular formula is C20H25FN4O4. The highest BCUT2D eigenvalue weighted by Crippen LogP contribution is 2.17.